The predicted octanol–water partition coefficient (Wildman–Crippen LogP) is 3.64. The Morgan fingerprint density at radius 1 is 1.16 bits per heavy atom. The topological polar surface area (TPSA) is 60.4 Å². The highest BCUT2D eigenvalue weighted by Crippen LogP contribution is 2.42. The van der Waals surface area contributed by atoms with Crippen LogP contribution in [0, 0.1) is 5.92 Å². The second-order valence-electron chi connectivity index (χ2n) is 6.71. The number of methoxy groups -OCH3 is 1. The molecule has 1 aromatic rings. The van der Waals surface area contributed by atoms with Gasteiger partial charge in [0.1, 0.15) is 5.75 Å². The van der Waals surface area contributed by atoms with Crippen LogP contribution in [0.5, 0.6) is 5.75 Å². The Kier molecular flexibility index (Phi) is 4.59. The lowest BCUT2D eigenvalue weighted by atomic mass is 9.84. The summed E-state index contributed by atoms with van der Waals surface area (Å²) in [5.41, 5.74) is -0.804. The summed E-state index contributed by atoms with van der Waals surface area (Å²) in [5, 5.41) is -1.04. The molecule has 25 heavy (non-hydrogen) atoms. The minimum Gasteiger partial charge on any atom is -0.496 e. The van der Waals surface area contributed by atoms with Crippen LogP contribution in [0.1, 0.15) is 48.0 Å². The van der Waals surface area contributed by atoms with Gasteiger partial charge in [-0.3, -0.25) is 4.79 Å². The number of hydrogen-bond acceptors (Lipinski definition) is 4. The van der Waals surface area contributed by atoms with Crippen LogP contribution in [0.3, 0.4) is 0 Å². The maximum Gasteiger partial charge on any atom is 0.416 e. The molecule has 2 saturated heterocycles. The smallest absolute Gasteiger partial charge is 0.416 e. The van der Waals surface area contributed by atoms with Gasteiger partial charge in [-0.1, -0.05) is 6.42 Å². The molecule has 2 heterocycles. The Balaban J connectivity index is 1.89. The van der Waals surface area contributed by atoms with E-state index in [4.69, 9.17) is 4.74 Å². The van der Waals surface area contributed by atoms with Crippen molar-refractivity contribution >= 4 is 15.6 Å². The van der Waals surface area contributed by atoms with Crippen LogP contribution in [0.4, 0.5) is 13.2 Å². The summed E-state index contributed by atoms with van der Waals surface area (Å²) in [6.45, 7) is 0. The van der Waals surface area contributed by atoms with Crippen molar-refractivity contribution in [2.75, 3.05) is 7.11 Å². The third-order valence-electron chi connectivity index (χ3n) is 5.24. The van der Waals surface area contributed by atoms with Crippen molar-refractivity contribution in [2.45, 2.75) is 48.8 Å². The van der Waals surface area contributed by atoms with Gasteiger partial charge < -0.3 is 4.74 Å². The van der Waals surface area contributed by atoms with Crippen molar-refractivity contribution in [3.05, 3.63) is 29.3 Å². The van der Waals surface area contributed by atoms with E-state index in [9.17, 15) is 26.4 Å². The fourth-order valence-corrected chi connectivity index (χ4v) is 6.45. The van der Waals surface area contributed by atoms with Gasteiger partial charge >= 0.3 is 6.18 Å². The first-order chi connectivity index (χ1) is 11.6. The molecule has 2 aliphatic rings. The molecule has 2 unspecified atom stereocenters. The average molecular weight is 376 g/mol. The van der Waals surface area contributed by atoms with Crippen LogP contribution >= 0.6 is 0 Å². The van der Waals surface area contributed by atoms with E-state index in [0.29, 0.717) is 12.8 Å². The fourth-order valence-electron chi connectivity index (χ4n) is 3.91. The molecule has 2 aliphatic heterocycles. The van der Waals surface area contributed by atoms with E-state index in [1.807, 2.05) is 0 Å². The first-order valence-corrected chi connectivity index (χ1v) is 9.77. The molecule has 0 aromatic heterocycles. The monoisotopic (exact) mass is 376 g/mol. The number of ketones is 1. The number of carbonyl (C=O) groups excluding carboxylic acids is 1. The van der Waals surface area contributed by atoms with Crippen molar-refractivity contribution in [3.8, 4) is 5.75 Å². The molecule has 2 atom stereocenters. The van der Waals surface area contributed by atoms with Crippen LogP contribution in [0.25, 0.3) is 0 Å². The van der Waals surface area contributed by atoms with Gasteiger partial charge in [-0.15, -0.1) is 0 Å². The minimum atomic E-state index is -4.52. The Morgan fingerprint density at radius 3 is 2.28 bits per heavy atom. The van der Waals surface area contributed by atoms with E-state index >= 15 is 0 Å². The molecule has 0 N–H and O–H groups in total. The number of ether oxygens (including phenoxy) is 1. The maximum absolute atomic E-state index is 12.8. The number of fused-ring (bicyclic) bond motifs is 2. The molecule has 0 amide bonds. The Labute approximate surface area is 144 Å². The number of hydrogen-bond donors (Lipinski definition) is 0. The highest BCUT2D eigenvalue weighted by molar-refractivity contribution is 7.92. The zero-order valence-corrected chi connectivity index (χ0v) is 14.5. The van der Waals surface area contributed by atoms with Crippen LogP contribution in [-0.4, -0.2) is 31.8 Å². The van der Waals surface area contributed by atoms with Crippen molar-refractivity contribution in [2.24, 2.45) is 5.92 Å². The first-order valence-electron chi connectivity index (χ1n) is 8.16. The van der Waals surface area contributed by atoms with Gasteiger partial charge in [0.2, 0.25) is 0 Å². The molecule has 3 rings (SSSR count). The standard InChI is InChI=1S/C17H19F3O4S/c1-24-15-9-11(17(18,19)20)5-6-14(15)16(21)10-7-12-3-2-4-13(8-10)25(12,22)23/h5-6,9-10,12-13H,2-4,7-8H2,1H3. The summed E-state index contributed by atoms with van der Waals surface area (Å²) in [6, 6.07) is 2.80. The minimum absolute atomic E-state index is 0.0814. The molecular formula is C17H19F3O4S. The number of Topliss-reactive ketones (excluding diaryl/α,β-unsaturated/α-hetero) is 1. The summed E-state index contributed by atoms with van der Waals surface area (Å²) < 4.78 is 68.1. The van der Waals surface area contributed by atoms with Gasteiger partial charge in [0.15, 0.2) is 15.6 Å². The van der Waals surface area contributed by atoms with E-state index in [1.54, 1.807) is 0 Å². The molecule has 0 saturated carbocycles. The molecule has 138 valence electrons. The molecule has 0 radical (unpaired) electrons. The van der Waals surface area contributed by atoms with Gasteiger partial charge in [-0.25, -0.2) is 8.42 Å². The fraction of sp³-hybridized carbons (Fsp3) is 0.588. The van der Waals surface area contributed by atoms with E-state index in [2.05, 4.69) is 0 Å². The van der Waals surface area contributed by atoms with Crippen molar-refractivity contribution in [1.82, 2.24) is 0 Å². The molecule has 2 bridgehead atoms. The molecular weight excluding hydrogens is 357 g/mol. The molecule has 2 fully saturated rings. The van der Waals surface area contributed by atoms with Crippen LogP contribution in [-0.2, 0) is 16.0 Å². The van der Waals surface area contributed by atoms with Crippen LogP contribution < -0.4 is 4.74 Å². The van der Waals surface area contributed by atoms with E-state index in [0.717, 1.165) is 24.6 Å². The molecule has 1 aromatic carbocycles. The predicted molar refractivity (Wildman–Crippen MR) is 85.4 cm³/mol. The number of rotatable bonds is 3. The first kappa shape index (κ1) is 18.2. The van der Waals surface area contributed by atoms with Gasteiger partial charge in [0.05, 0.1) is 28.7 Å². The quantitative estimate of drug-likeness (QED) is 0.756. The Morgan fingerprint density at radius 2 is 1.76 bits per heavy atom. The van der Waals surface area contributed by atoms with E-state index < -0.39 is 38.0 Å². The van der Waals surface area contributed by atoms with E-state index in [-0.39, 0.29) is 29.9 Å². The van der Waals surface area contributed by atoms with Gasteiger partial charge in [0.25, 0.3) is 0 Å². The summed E-state index contributed by atoms with van der Waals surface area (Å²) in [7, 11) is -1.97. The van der Waals surface area contributed by atoms with Crippen molar-refractivity contribution < 1.29 is 31.1 Å². The number of halogens is 3. The maximum atomic E-state index is 12.8. The van der Waals surface area contributed by atoms with Crippen LogP contribution in [0.2, 0.25) is 0 Å². The highest BCUT2D eigenvalue weighted by Gasteiger charge is 2.46. The van der Waals surface area contributed by atoms with E-state index in [1.165, 1.54) is 7.11 Å². The number of carbonyl (C=O) groups is 1. The number of sulfone groups is 1. The lowest BCUT2D eigenvalue weighted by Crippen LogP contribution is -2.45. The lowest BCUT2D eigenvalue weighted by molar-refractivity contribution is -0.137. The third kappa shape index (κ3) is 3.28. The normalized spacial score (nSPS) is 28.4. The number of alkyl halides is 3. The van der Waals surface area contributed by atoms with Crippen molar-refractivity contribution in [1.29, 1.82) is 0 Å². The second kappa shape index (κ2) is 6.30. The SMILES string of the molecule is COc1cc(C(F)(F)F)ccc1C(=O)C1CC2CCCC(C1)S2(=O)=O. The van der Waals surface area contributed by atoms with Gasteiger partial charge in [0, 0.05) is 5.92 Å². The zero-order valence-electron chi connectivity index (χ0n) is 13.7. The molecule has 0 spiro atoms. The lowest BCUT2D eigenvalue weighted by Gasteiger charge is -2.38. The highest BCUT2D eigenvalue weighted by atomic mass is 32.2. The number of benzene rings is 1. The molecule has 8 heteroatoms. The average Bonchev–Trinajstić information content (AvgIpc) is 2.51. The van der Waals surface area contributed by atoms with Crippen molar-refractivity contribution in [3.63, 3.8) is 0 Å². The second-order valence-corrected chi connectivity index (χ2v) is 9.22. The molecule has 0 aliphatic carbocycles. The van der Waals surface area contributed by atoms with Gasteiger partial charge in [-0.05, 0) is 43.9 Å². The van der Waals surface area contributed by atoms with Crippen LogP contribution in [0.15, 0.2) is 18.2 Å². The Hall–Kier alpha value is -1.57. The summed E-state index contributed by atoms with van der Waals surface area (Å²) in [6.07, 6.45) is -2.12. The molecule has 4 nitrogen and oxygen atoms in total. The Bertz CT molecular complexity index is 766. The summed E-state index contributed by atoms with van der Waals surface area (Å²) in [4.78, 5) is 12.8. The third-order valence-corrected chi connectivity index (χ3v) is 7.96. The zero-order chi connectivity index (χ0) is 18.4. The summed E-state index contributed by atoms with van der Waals surface area (Å²) in [5.74, 6) is -0.958. The summed E-state index contributed by atoms with van der Waals surface area (Å²) >= 11 is 0. The largest absolute Gasteiger partial charge is 0.496 e. The van der Waals surface area contributed by atoms with Gasteiger partial charge in [-0.2, -0.15) is 13.2 Å².